The summed E-state index contributed by atoms with van der Waals surface area (Å²) in [6, 6.07) is 4.88. The van der Waals surface area contributed by atoms with E-state index < -0.39 is 7.12 Å². The van der Waals surface area contributed by atoms with E-state index in [2.05, 4.69) is 0 Å². The molecule has 66 valence electrons. The van der Waals surface area contributed by atoms with Crippen LogP contribution in [0.15, 0.2) is 12.1 Å². The first-order chi connectivity index (χ1) is 6.06. The number of nitrogen functional groups attached to an aromatic ring is 1. The van der Waals surface area contributed by atoms with E-state index in [4.69, 9.17) is 21.0 Å². The van der Waals surface area contributed by atoms with E-state index in [9.17, 15) is 0 Å². The Labute approximate surface area is 76.4 Å². The van der Waals surface area contributed by atoms with Crippen LogP contribution in [0.1, 0.15) is 11.1 Å². The van der Waals surface area contributed by atoms with Crippen molar-refractivity contribution >= 4 is 18.3 Å². The molecule has 13 heavy (non-hydrogen) atoms. The van der Waals surface area contributed by atoms with Gasteiger partial charge in [0.05, 0.1) is 11.6 Å². The van der Waals surface area contributed by atoms with Crippen molar-refractivity contribution in [1.82, 2.24) is 0 Å². The second-order valence-corrected chi connectivity index (χ2v) is 2.78. The van der Waals surface area contributed by atoms with Crippen molar-refractivity contribution in [3.05, 3.63) is 23.3 Å². The summed E-state index contributed by atoms with van der Waals surface area (Å²) in [4.78, 5) is 0. The minimum absolute atomic E-state index is 0.177. The Morgan fingerprint density at radius 1 is 1.46 bits per heavy atom. The summed E-state index contributed by atoms with van der Waals surface area (Å²) in [5, 5.41) is 26.4. The van der Waals surface area contributed by atoms with Gasteiger partial charge in [0.15, 0.2) is 0 Å². The van der Waals surface area contributed by atoms with Crippen molar-refractivity contribution in [2.75, 3.05) is 5.73 Å². The Morgan fingerprint density at radius 3 is 2.54 bits per heavy atom. The van der Waals surface area contributed by atoms with Gasteiger partial charge in [0, 0.05) is 11.2 Å². The van der Waals surface area contributed by atoms with Gasteiger partial charge in [-0.25, -0.2) is 0 Å². The molecule has 5 heteroatoms. The van der Waals surface area contributed by atoms with Crippen LogP contribution in [0.2, 0.25) is 0 Å². The lowest BCUT2D eigenvalue weighted by Gasteiger charge is -2.07. The summed E-state index contributed by atoms with van der Waals surface area (Å²) >= 11 is 0. The van der Waals surface area contributed by atoms with Crippen molar-refractivity contribution in [3.63, 3.8) is 0 Å². The molecule has 1 rings (SSSR count). The standard InChI is InChI=1S/C8H9BN2O2/c1-5-2-6(4-10)3-7(8(5)11)9(12)13/h2-3,12-13H,11H2,1H3. The Hall–Kier alpha value is -1.51. The molecule has 0 amide bonds. The topological polar surface area (TPSA) is 90.3 Å². The van der Waals surface area contributed by atoms with Crippen LogP contribution in [0, 0.1) is 18.3 Å². The van der Waals surface area contributed by atoms with E-state index in [1.54, 1.807) is 13.0 Å². The number of nitrogens with zero attached hydrogens (tertiary/aromatic N) is 1. The summed E-state index contributed by atoms with van der Waals surface area (Å²) < 4.78 is 0. The maximum atomic E-state index is 8.92. The minimum atomic E-state index is -1.63. The summed E-state index contributed by atoms with van der Waals surface area (Å²) in [6.07, 6.45) is 0. The third-order valence-electron chi connectivity index (χ3n) is 1.83. The fourth-order valence-electron chi connectivity index (χ4n) is 1.10. The zero-order valence-corrected chi connectivity index (χ0v) is 7.15. The Kier molecular flexibility index (Phi) is 2.56. The molecule has 0 bridgehead atoms. The number of hydrogen-bond acceptors (Lipinski definition) is 4. The molecule has 0 aromatic heterocycles. The van der Waals surface area contributed by atoms with Gasteiger partial charge in [-0.15, -0.1) is 0 Å². The highest BCUT2D eigenvalue weighted by atomic mass is 16.4. The van der Waals surface area contributed by atoms with Crippen molar-refractivity contribution in [1.29, 1.82) is 5.26 Å². The highest BCUT2D eigenvalue weighted by Crippen LogP contribution is 2.10. The van der Waals surface area contributed by atoms with Gasteiger partial charge < -0.3 is 15.8 Å². The van der Waals surface area contributed by atoms with E-state index in [1.165, 1.54) is 6.07 Å². The number of nitrogens with two attached hydrogens (primary N) is 1. The van der Waals surface area contributed by atoms with Crippen molar-refractivity contribution in [2.24, 2.45) is 0 Å². The first-order valence-corrected chi connectivity index (χ1v) is 3.72. The molecule has 0 unspecified atom stereocenters. The number of aryl methyl sites for hydroxylation is 1. The van der Waals surface area contributed by atoms with Crippen molar-refractivity contribution in [3.8, 4) is 6.07 Å². The molecular formula is C8H9BN2O2. The van der Waals surface area contributed by atoms with E-state index >= 15 is 0 Å². The molecule has 4 nitrogen and oxygen atoms in total. The predicted molar refractivity (Wildman–Crippen MR) is 50.1 cm³/mol. The molecule has 0 aliphatic rings. The Bertz CT molecular complexity index is 371. The Morgan fingerprint density at radius 2 is 2.08 bits per heavy atom. The van der Waals surface area contributed by atoms with Gasteiger partial charge in [-0.3, -0.25) is 0 Å². The van der Waals surface area contributed by atoms with Gasteiger partial charge in [-0.1, -0.05) is 0 Å². The van der Waals surface area contributed by atoms with Crippen molar-refractivity contribution in [2.45, 2.75) is 6.92 Å². The summed E-state index contributed by atoms with van der Waals surface area (Å²) in [6.45, 7) is 1.71. The number of rotatable bonds is 1. The number of nitriles is 1. The monoisotopic (exact) mass is 176 g/mol. The predicted octanol–water partition coefficient (Wildman–Crippen LogP) is -0.871. The molecule has 0 spiro atoms. The highest BCUT2D eigenvalue weighted by molar-refractivity contribution is 6.60. The number of anilines is 1. The van der Waals surface area contributed by atoms with E-state index in [0.717, 1.165) is 0 Å². The van der Waals surface area contributed by atoms with Gasteiger partial charge in [-0.2, -0.15) is 5.26 Å². The van der Waals surface area contributed by atoms with Crippen LogP contribution in [0.5, 0.6) is 0 Å². The lowest BCUT2D eigenvalue weighted by Crippen LogP contribution is -2.33. The third kappa shape index (κ3) is 1.80. The van der Waals surface area contributed by atoms with Gasteiger partial charge in [-0.05, 0) is 24.6 Å². The van der Waals surface area contributed by atoms with Crippen LogP contribution in [-0.2, 0) is 0 Å². The average molecular weight is 176 g/mol. The Balaban J connectivity index is 3.35. The van der Waals surface area contributed by atoms with Crippen LogP contribution < -0.4 is 11.2 Å². The van der Waals surface area contributed by atoms with Gasteiger partial charge in [0.25, 0.3) is 0 Å². The quantitative estimate of drug-likeness (QED) is 0.383. The molecule has 0 heterocycles. The highest BCUT2D eigenvalue weighted by Gasteiger charge is 2.16. The van der Waals surface area contributed by atoms with Crippen LogP contribution in [0.4, 0.5) is 5.69 Å². The average Bonchev–Trinajstić information content (AvgIpc) is 2.09. The molecule has 0 saturated carbocycles. The summed E-state index contributed by atoms with van der Waals surface area (Å²) in [5.41, 5.74) is 7.11. The molecule has 0 aliphatic carbocycles. The zero-order valence-electron chi connectivity index (χ0n) is 7.15. The second kappa shape index (κ2) is 3.48. The summed E-state index contributed by atoms with van der Waals surface area (Å²) in [7, 11) is -1.63. The zero-order chi connectivity index (χ0) is 10.0. The number of hydrogen-bond donors (Lipinski definition) is 3. The molecule has 0 radical (unpaired) electrons. The lowest BCUT2D eigenvalue weighted by atomic mass is 9.77. The third-order valence-corrected chi connectivity index (χ3v) is 1.83. The molecule has 0 atom stereocenters. The SMILES string of the molecule is Cc1cc(C#N)cc(B(O)O)c1N. The smallest absolute Gasteiger partial charge is 0.423 e. The van der Waals surface area contributed by atoms with Crippen LogP contribution in [0.25, 0.3) is 0 Å². The largest absolute Gasteiger partial charge is 0.490 e. The normalized spacial score (nSPS) is 9.38. The first-order valence-electron chi connectivity index (χ1n) is 3.72. The summed E-state index contributed by atoms with van der Waals surface area (Å²) in [5.74, 6) is 0. The molecule has 0 fully saturated rings. The first kappa shape index (κ1) is 9.58. The molecule has 0 saturated heterocycles. The number of benzene rings is 1. The van der Waals surface area contributed by atoms with Gasteiger partial charge >= 0.3 is 7.12 Å². The molecule has 1 aromatic rings. The van der Waals surface area contributed by atoms with Crippen LogP contribution in [0.3, 0.4) is 0 Å². The maximum absolute atomic E-state index is 8.92. The lowest BCUT2D eigenvalue weighted by molar-refractivity contribution is 0.426. The fourth-order valence-corrected chi connectivity index (χ4v) is 1.10. The fraction of sp³-hybridized carbons (Fsp3) is 0.125. The second-order valence-electron chi connectivity index (χ2n) is 2.78. The molecular weight excluding hydrogens is 167 g/mol. The molecule has 1 aromatic carbocycles. The molecule has 4 N–H and O–H groups in total. The van der Waals surface area contributed by atoms with Crippen LogP contribution >= 0.6 is 0 Å². The van der Waals surface area contributed by atoms with E-state index in [1.807, 2.05) is 6.07 Å². The molecule has 0 aliphatic heterocycles. The van der Waals surface area contributed by atoms with Crippen molar-refractivity contribution < 1.29 is 10.0 Å². The maximum Gasteiger partial charge on any atom is 0.490 e. The van der Waals surface area contributed by atoms with Gasteiger partial charge in [0.2, 0.25) is 0 Å². The van der Waals surface area contributed by atoms with E-state index in [-0.39, 0.29) is 5.46 Å². The van der Waals surface area contributed by atoms with Crippen LogP contribution in [-0.4, -0.2) is 17.2 Å². The minimum Gasteiger partial charge on any atom is -0.423 e. The van der Waals surface area contributed by atoms with Gasteiger partial charge in [0.1, 0.15) is 0 Å². The van der Waals surface area contributed by atoms with E-state index in [0.29, 0.717) is 16.8 Å².